The Labute approximate surface area is 108 Å². The van der Waals surface area contributed by atoms with E-state index >= 15 is 0 Å². The van der Waals surface area contributed by atoms with Crippen molar-refractivity contribution in [2.24, 2.45) is 5.92 Å². The zero-order valence-electron chi connectivity index (χ0n) is 11.0. The summed E-state index contributed by atoms with van der Waals surface area (Å²) in [6.45, 7) is 4.11. The molecule has 0 spiro atoms. The zero-order valence-corrected chi connectivity index (χ0v) is 11.0. The molecule has 1 aromatic carbocycles. The van der Waals surface area contributed by atoms with Crippen molar-refractivity contribution in [3.63, 3.8) is 0 Å². The van der Waals surface area contributed by atoms with Crippen molar-refractivity contribution in [2.45, 2.75) is 45.1 Å². The molecule has 18 heavy (non-hydrogen) atoms. The van der Waals surface area contributed by atoms with Crippen molar-refractivity contribution in [3.05, 3.63) is 29.8 Å². The Morgan fingerprint density at radius 3 is 2.50 bits per heavy atom. The van der Waals surface area contributed by atoms with Crippen LogP contribution in [0.1, 0.15) is 38.2 Å². The Morgan fingerprint density at radius 1 is 1.33 bits per heavy atom. The first-order chi connectivity index (χ1) is 8.53. The number of carboxylic acids is 1. The quantitative estimate of drug-likeness (QED) is 0.891. The van der Waals surface area contributed by atoms with Crippen LogP contribution in [0.3, 0.4) is 0 Å². The minimum atomic E-state index is -1.03. The molecule has 1 aliphatic carbocycles. The number of hydrogen-bond donors (Lipinski definition) is 1. The third kappa shape index (κ3) is 2.50. The van der Waals surface area contributed by atoms with Crippen LogP contribution in [0.5, 0.6) is 5.75 Å². The van der Waals surface area contributed by atoms with Gasteiger partial charge in [0.05, 0.1) is 0 Å². The number of hydrogen-bond acceptors (Lipinski definition) is 2. The number of rotatable bonds is 3. The van der Waals surface area contributed by atoms with Gasteiger partial charge in [-0.15, -0.1) is 0 Å². The molecule has 1 N–H and O–H groups in total. The van der Waals surface area contributed by atoms with Crippen LogP contribution in [0.2, 0.25) is 0 Å². The van der Waals surface area contributed by atoms with E-state index in [1.54, 1.807) is 0 Å². The minimum absolute atomic E-state index is 0.595. The predicted molar refractivity (Wildman–Crippen MR) is 69.8 cm³/mol. The van der Waals surface area contributed by atoms with E-state index < -0.39 is 11.6 Å². The fraction of sp³-hybridized carbons (Fsp3) is 0.533. The van der Waals surface area contributed by atoms with E-state index in [1.807, 2.05) is 31.2 Å². The maximum absolute atomic E-state index is 11.6. The summed E-state index contributed by atoms with van der Waals surface area (Å²) < 4.78 is 5.88. The molecule has 98 valence electrons. The molecule has 0 heterocycles. The molecule has 3 nitrogen and oxygen atoms in total. The molecule has 1 fully saturated rings. The van der Waals surface area contributed by atoms with Crippen LogP contribution in [-0.4, -0.2) is 16.7 Å². The van der Waals surface area contributed by atoms with Crippen LogP contribution in [0, 0.1) is 12.8 Å². The van der Waals surface area contributed by atoms with Crippen molar-refractivity contribution in [1.82, 2.24) is 0 Å². The number of benzene rings is 1. The fourth-order valence-electron chi connectivity index (χ4n) is 2.47. The molecule has 0 unspecified atom stereocenters. The van der Waals surface area contributed by atoms with Crippen LogP contribution in [0.25, 0.3) is 0 Å². The molecule has 0 bridgehead atoms. The first-order valence-electron chi connectivity index (χ1n) is 6.51. The van der Waals surface area contributed by atoms with Crippen LogP contribution < -0.4 is 4.74 Å². The minimum Gasteiger partial charge on any atom is -0.478 e. The molecule has 0 radical (unpaired) electrons. The van der Waals surface area contributed by atoms with Gasteiger partial charge in [0, 0.05) is 0 Å². The average Bonchev–Trinajstić information content (AvgIpc) is 2.35. The van der Waals surface area contributed by atoms with Crippen molar-refractivity contribution < 1.29 is 14.6 Å². The second kappa shape index (κ2) is 5.01. The molecule has 0 amide bonds. The van der Waals surface area contributed by atoms with Crippen LogP contribution >= 0.6 is 0 Å². The van der Waals surface area contributed by atoms with Gasteiger partial charge in [0.25, 0.3) is 0 Å². The van der Waals surface area contributed by atoms with Gasteiger partial charge in [0.2, 0.25) is 5.60 Å². The van der Waals surface area contributed by atoms with Gasteiger partial charge in [0.15, 0.2) is 0 Å². The molecule has 1 saturated carbocycles. The average molecular weight is 248 g/mol. The highest BCUT2D eigenvalue weighted by Gasteiger charge is 2.43. The third-order valence-corrected chi connectivity index (χ3v) is 3.87. The smallest absolute Gasteiger partial charge is 0.348 e. The molecule has 0 aromatic heterocycles. The van der Waals surface area contributed by atoms with Gasteiger partial charge in [-0.3, -0.25) is 0 Å². The summed E-state index contributed by atoms with van der Waals surface area (Å²) in [5.41, 5.74) is -0.0460. The largest absolute Gasteiger partial charge is 0.478 e. The van der Waals surface area contributed by atoms with E-state index in [0.717, 1.165) is 18.4 Å². The maximum Gasteiger partial charge on any atom is 0.348 e. The molecule has 0 aliphatic heterocycles. The van der Waals surface area contributed by atoms with E-state index in [9.17, 15) is 9.90 Å². The summed E-state index contributed by atoms with van der Waals surface area (Å²) in [4.78, 5) is 11.6. The normalized spacial score (nSPS) is 27.8. The Hall–Kier alpha value is -1.51. The number of para-hydroxylation sites is 1. The van der Waals surface area contributed by atoms with E-state index in [0.29, 0.717) is 24.5 Å². The standard InChI is InChI=1S/C15H20O3/c1-11-7-9-15(10-8-11,14(16)17)18-13-6-4-3-5-12(13)2/h3-6,11H,7-10H2,1-2H3,(H,16,17). The SMILES string of the molecule is Cc1ccccc1OC1(C(=O)O)CCC(C)CC1. The van der Waals surface area contributed by atoms with Gasteiger partial charge in [-0.2, -0.15) is 0 Å². The molecular formula is C15H20O3. The molecule has 2 rings (SSSR count). The Morgan fingerprint density at radius 2 is 1.94 bits per heavy atom. The van der Waals surface area contributed by atoms with Crippen molar-refractivity contribution in [2.75, 3.05) is 0 Å². The molecule has 1 aliphatic rings. The summed E-state index contributed by atoms with van der Waals surface area (Å²) in [5, 5.41) is 9.50. The lowest BCUT2D eigenvalue weighted by Crippen LogP contribution is -2.47. The maximum atomic E-state index is 11.6. The zero-order chi connectivity index (χ0) is 13.2. The van der Waals surface area contributed by atoms with E-state index in [-0.39, 0.29) is 0 Å². The first-order valence-corrected chi connectivity index (χ1v) is 6.51. The second-order valence-corrected chi connectivity index (χ2v) is 5.35. The summed E-state index contributed by atoms with van der Waals surface area (Å²) in [6, 6.07) is 7.59. The lowest BCUT2D eigenvalue weighted by Gasteiger charge is -2.36. The topological polar surface area (TPSA) is 46.5 Å². The lowest BCUT2D eigenvalue weighted by molar-refractivity contribution is -0.159. The first kappa shape index (κ1) is 12.9. The number of carbonyl (C=O) groups is 1. The molecule has 1 aromatic rings. The lowest BCUT2D eigenvalue weighted by atomic mass is 9.79. The highest BCUT2D eigenvalue weighted by Crippen LogP contribution is 2.36. The monoisotopic (exact) mass is 248 g/mol. The second-order valence-electron chi connectivity index (χ2n) is 5.35. The number of carboxylic acid groups (broad SMARTS) is 1. The van der Waals surface area contributed by atoms with Gasteiger partial charge in [-0.05, 0) is 50.2 Å². The van der Waals surface area contributed by atoms with Gasteiger partial charge < -0.3 is 9.84 Å². The Balaban J connectivity index is 2.22. The van der Waals surface area contributed by atoms with E-state index in [2.05, 4.69) is 6.92 Å². The van der Waals surface area contributed by atoms with Crippen LogP contribution in [0.15, 0.2) is 24.3 Å². The van der Waals surface area contributed by atoms with Crippen molar-refractivity contribution >= 4 is 5.97 Å². The van der Waals surface area contributed by atoms with Crippen LogP contribution in [-0.2, 0) is 4.79 Å². The number of aryl methyl sites for hydroxylation is 1. The summed E-state index contributed by atoms with van der Waals surface area (Å²) in [7, 11) is 0. The summed E-state index contributed by atoms with van der Waals surface area (Å²) >= 11 is 0. The van der Waals surface area contributed by atoms with Crippen LogP contribution in [0.4, 0.5) is 0 Å². The summed E-state index contributed by atoms with van der Waals surface area (Å²) in [6.07, 6.45) is 3.02. The number of ether oxygens (including phenoxy) is 1. The highest BCUT2D eigenvalue weighted by atomic mass is 16.5. The highest BCUT2D eigenvalue weighted by molar-refractivity contribution is 5.78. The number of aliphatic carboxylic acids is 1. The van der Waals surface area contributed by atoms with E-state index in [1.165, 1.54) is 0 Å². The van der Waals surface area contributed by atoms with Gasteiger partial charge in [-0.1, -0.05) is 25.1 Å². The predicted octanol–water partition coefficient (Wildman–Crippen LogP) is 3.41. The van der Waals surface area contributed by atoms with E-state index in [4.69, 9.17) is 4.74 Å². The molecule has 0 saturated heterocycles. The third-order valence-electron chi connectivity index (χ3n) is 3.87. The Kier molecular flexibility index (Phi) is 3.60. The van der Waals surface area contributed by atoms with Gasteiger partial charge in [-0.25, -0.2) is 4.79 Å². The Bertz CT molecular complexity index is 431. The van der Waals surface area contributed by atoms with Crippen molar-refractivity contribution in [1.29, 1.82) is 0 Å². The molecule has 0 atom stereocenters. The summed E-state index contributed by atoms with van der Waals surface area (Å²) in [5.74, 6) is 0.449. The molecular weight excluding hydrogens is 228 g/mol. The fourth-order valence-corrected chi connectivity index (χ4v) is 2.47. The van der Waals surface area contributed by atoms with Gasteiger partial charge >= 0.3 is 5.97 Å². The van der Waals surface area contributed by atoms with Gasteiger partial charge in [0.1, 0.15) is 5.75 Å². The molecule has 3 heteroatoms. The van der Waals surface area contributed by atoms with Crippen molar-refractivity contribution in [3.8, 4) is 5.75 Å².